The lowest BCUT2D eigenvalue weighted by Crippen LogP contribution is -2.33. The summed E-state index contributed by atoms with van der Waals surface area (Å²) in [4.78, 5) is 15.1. The van der Waals surface area contributed by atoms with Crippen LogP contribution >= 0.6 is 0 Å². The summed E-state index contributed by atoms with van der Waals surface area (Å²) in [5.41, 5.74) is 0. The summed E-state index contributed by atoms with van der Waals surface area (Å²) in [5.74, 6) is 3.68. The fourth-order valence-corrected chi connectivity index (χ4v) is 4.55. The summed E-state index contributed by atoms with van der Waals surface area (Å²) < 4.78 is 7.78. The van der Waals surface area contributed by atoms with E-state index in [2.05, 4.69) is 19.7 Å². The number of amides is 1. The predicted octanol–water partition coefficient (Wildman–Crippen LogP) is 3.06. The Bertz CT molecular complexity index is 766. The fourth-order valence-electron chi connectivity index (χ4n) is 4.55. The molecule has 6 heteroatoms. The van der Waals surface area contributed by atoms with Gasteiger partial charge >= 0.3 is 0 Å². The number of likely N-dealkylation sites (tertiary alicyclic amines) is 1. The number of carbonyl (C=O) groups is 1. The molecule has 1 saturated heterocycles. The highest BCUT2D eigenvalue weighted by Gasteiger charge is 2.49. The van der Waals surface area contributed by atoms with E-state index in [0.29, 0.717) is 0 Å². The Morgan fingerprint density at radius 2 is 2.12 bits per heavy atom. The smallest absolute Gasteiger partial charge is 0.227 e. The first-order chi connectivity index (χ1) is 12.3. The van der Waals surface area contributed by atoms with Crippen LogP contribution in [-0.2, 0) is 17.8 Å². The van der Waals surface area contributed by atoms with Crippen molar-refractivity contribution in [2.75, 3.05) is 6.54 Å². The van der Waals surface area contributed by atoms with E-state index in [1.54, 1.807) is 6.26 Å². The zero-order chi connectivity index (χ0) is 16.8. The Morgan fingerprint density at radius 3 is 3.00 bits per heavy atom. The van der Waals surface area contributed by atoms with Crippen LogP contribution in [0.15, 0.2) is 22.8 Å². The van der Waals surface area contributed by atoms with Gasteiger partial charge in [0.2, 0.25) is 5.91 Å². The van der Waals surface area contributed by atoms with Gasteiger partial charge in [0.05, 0.1) is 12.3 Å². The summed E-state index contributed by atoms with van der Waals surface area (Å²) >= 11 is 0. The average molecular weight is 340 g/mol. The molecule has 4 heterocycles. The van der Waals surface area contributed by atoms with Gasteiger partial charge < -0.3 is 13.9 Å². The first kappa shape index (κ1) is 15.2. The normalized spacial score (nSPS) is 28.6. The molecule has 132 valence electrons. The van der Waals surface area contributed by atoms with Crippen LogP contribution in [0.4, 0.5) is 0 Å². The van der Waals surface area contributed by atoms with Crippen molar-refractivity contribution < 1.29 is 9.21 Å². The van der Waals surface area contributed by atoms with Crippen LogP contribution < -0.4 is 0 Å². The lowest BCUT2D eigenvalue weighted by Gasteiger charge is -2.25. The van der Waals surface area contributed by atoms with Gasteiger partial charge in [-0.3, -0.25) is 4.79 Å². The molecular formula is C19H24N4O2. The minimum Gasteiger partial charge on any atom is -0.469 e. The standard InChI is InChI=1S/C19H24N4O2/c24-19(14-12-13(14)16-7-5-11-25-16)22-10-4-6-15(22)18-21-20-17-8-2-1-3-9-23(17)18/h5,7,11,13-15H,1-4,6,8-10,12H2/t13-,14-,15+/m1/s1. The van der Waals surface area contributed by atoms with E-state index in [4.69, 9.17) is 4.42 Å². The zero-order valence-corrected chi connectivity index (χ0v) is 14.4. The number of nitrogens with zero attached hydrogens (tertiary/aromatic N) is 4. The van der Waals surface area contributed by atoms with Gasteiger partial charge in [0, 0.05) is 31.3 Å². The minimum absolute atomic E-state index is 0.0817. The lowest BCUT2D eigenvalue weighted by atomic mass is 10.1. The topological polar surface area (TPSA) is 64.2 Å². The van der Waals surface area contributed by atoms with Gasteiger partial charge in [0.15, 0.2) is 5.82 Å². The second kappa shape index (κ2) is 6.00. The number of aromatic nitrogens is 3. The van der Waals surface area contributed by atoms with Gasteiger partial charge in [-0.15, -0.1) is 10.2 Å². The van der Waals surface area contributed by atoms with Crippen molar-refractivity contribution in [2.45, 2.75) is 63.5 Å². The van der Waals surface area contributed by atoms with E-state index in [1.165, 1.54) is 19.3 Å². The van der Waals surface area contributed by atoms with Crippen molar-refractivity contribution in [3.63, 3.8) is 0 Å². The van der Waals surface area contributed by atoms with Gasteiger partial charge in [-0.25, -0.2) is 0 Å². The Morgan fingerprint density at radius 1 is 1.16 bits per heavy atom. The highest BCUT2D eigenvalue weighted by Crippen LogP contribution is 2.50. The Balaban J connectivity index is 1.36. The average Bonchev–Trinajstić information content (AvgIpc) is 2.98. The van der Waals surface area contributed by atoms with E-state index in [1.807, 2.05) is 12.1 Å². The molecule has 0 radical (unpaired) electrons. The van der Waals surface area contributed by atoms with Crippen LogP contribution in [-0.4, -0.2) is 32.1 Å². The Kier molecular flexibility index (Phi) is 3.64. The van der Waals surface area contributed by atoms with Crippen molar-refractivity contribution in [2.24, 2.45) is 5.92 Å². The summed E-state index contributed by atoms with van der Waals surface area (Å²) in [7, 11) is 0. The van der Waals surface area contributed by atoms with Crippen LogP contribution in [0.1, 0.15) is 67.9 Å². The molecule has 6 nitrogen and oxygen atoms in total. The summed E-state index contributed by atoms with van der Waals surface area (Å²) in [6, 6.07) is 3.99. The molecule has 1 aliphatic carbocycles. The molecule has 3 atom stereocenters. The molecule has 0 aromatic carbocycles. The number of hydrogen-bond acceptors (Lipinski definition) is 4. The summed E-state index contributed by atoms with van der Waals surface area (Å²) in [6.45, 7) is 1.84. The van der Waals surface area contributed by atoms with Gasteiger partial charge in [0.1, 0.15) is 11.6 Å². The monoisotopic (exact) mass is 340 g/mol. The third-order valence-electron chi connectivity index (χ3n) is 5.99. The first-order valence-corrected chi connectivity index (χ1v) is 9.59. The Labute approximate surface area is 147 Å². The molecule has 2 fully saturated rings. The molecule has 25 heavy (non-hydrogen) atoms. The molecule has 5 rings (SSSR count). The molecule has 1 saturated carbocycles. The second-order valence-corrected chi connectivity index (χ2v) is 7.59. The zero-order valence-electron chi connectivity index (χ0n) is 14.4. The Hall–Kier alpha value is -2.11. The molecule has 2 aromatic heterocycles. The third-order valence-corrected chi connectivity index (χ3v) is 5.99. The van der Waals surface area contributed by atoms with Gasteiger partial charge in [0.25, 0.3) is 0 Å². The maximum absolute atomic E-state index is 13.1. The van der Waals surface area contributed by atoms with E-state index < -0.39 is 0 Å². The fraction of sp³-hybridized carbons (Fsp3) is 0.632. The molecule has 0 N–H and O–H groups in total. The van der Waals surface area contributed by atoms with Gasteiger partial charge in [-0.2, -0.15) is 0 Å². The quantitative estimate of drug-likeness (QED) is 0.861. The maximum Gasteiger partial charge on any atom is 0.227 e. The number of carbonyl (C=O) groups excluding carboxylic acids is 1. The molecule has 2 aliphatic heterocycles. The van der Waals surface area contributed by atoms with Gasteiger partial charge in [-0.05, 0) is 44.2 Å². The summed E-state index contributed by atoms with van der Waals surface area (Å²) in [6.07, 6.45) is 9.30. The molecule has 0 unspecified atom stereocenters. The second-order valence-electron chi connectivity index (χ2n) is 7.59. The highest BCUT2D eigenvalue weighted by molar-refractivity contribution is 5.83. The summed E-state index contributed by atoms with van der Waals surface area (Å²) in [5, 5.41) is 8.93. The van der Waals surface area contributed by atoms with Crippen LogP contribution in [0, 0.1) is 5.92 Å². The molecule has 0 bridgehead atoms. The number of aryl methyl sites for hydroxylation is 1. The molecule has 0 spiro atoms. The lowest BCUT2D eigenvalue weighted by molar-refractivity contribution is -0.133. The number of fused-ring (bicyclic) bond motifs is 1. The molecule has 2 aromatic rings. The van der Waals surface area contributed by atoms with Crippen molar-refractivity contribution in [1.82, 2.24) is 19.7 Å². The number of furan rings is 1. The first-order valence-electron chi connectivity index (χ1n) is 9.59. The number of hydrogen-bond donors (Lipinski definition) is 0. The van der Waals surface area contributed by atoms with Crippen molar-refractivity contribution in [3.05, 3.63) is 35.8 Å². The molecule has 3 aliphatic rings. The minimum atomic E-state index is 0.0817. The van der Waals surface area contributed by atoms with Gasteiger partial charge in [-0.1, -0.05) is 6.42 Å². The predicted molar refractivity (Wildman–Crippen MR) is 90.8 cm³/mol. The maximum atomic E-state index is 13.1. The number of rotatable bonds is 3. The van der Waals surface area contributed by atoms with Crippen molar-refractivity contribution in [1.29, 1.82) is 0 Å². The largest absolute Gasteiger partial charge is 0.469 e. The van der Waals surface area contributed by atoms with Crippen LogP contribution in [0.25, 0.3) is 0 Å². The van der Waals surface area contributed by atoms with E-state index in [9.17, 15) is 4.79 Å². The van der Waals surface area contributed by atoms with E-state index in [-0.39, 0.29) is 23.8 Å². The van der Waals surface area contributed by atoms with Crippen LogP contribution in [0.5, 0.6) is 0 Å². The van der Waals surface area contributed by atoms with Crippen LogP contribution in [0.2, 0.25) is 0 Å². The highest BCUT2D eigenvalue weighted by atomic mass is 16.3. The third kappa shape index (κ3) is 2.58. The van der Waals surface area contributed by atoms with Crippen molar-refractivity contribution in [3.8, 4) is 0 Å². The van der Waals surface area contributed by atoms with E-state index in [0.717, 1.165) is 56.2 Å². The molecule has 1 amide bonds. The van der Waals surface area contributed by atoms with Crippen molar-refractivity contribution >= 4 is 5.91 Å². The SMILES string of the molecule is O=C([C@@H]1C[C@H]1c1ccco1)N1CCC[C@H]1c1nnc2n1CCCCC2. The van der Waals surface area contributed by atoms with E-state index >= 15 is 0 Å². The molecular weight excluding hydrogens is 316 g/mol. The van der Waals surface area contributed by atoms with Crippen LogP contribution in [0.3, 0.4) is 0 Å².